The molecular weight excluding hydrogens is 292 g/mol. The molecule has 6 heteroatoms. The summed E-state index contributed by atoms with van der Waals surface area (Å²) in [5.41, 5.74) is -0.227. The third-order valence-electron chi connectivity index (χ3n) is 3.15. The second-order valence-electron chi connectivity index (χ2n) is 5.62. The Hall–Kier alpha value is -1.82. The summed E-state index contributed by atoms with van der Waals surface area (Å²) in [5, 5.41) is 11.8. The van der Waals surface area contributed by atoms with E-state index >= 15 is 0 Å². The van der Waals surface area contributed by atoms with Gasteiger partial charge in [-0.25, -0.2) is 8.78 Å². The molecule has 0 saturated heterocycles. The van der Waals surface area contributed by atoms with Crippen LogP contribution < -0.4 is 5.32 Å². The van der Waals surface area contributed by atoms with E-state index in [1.807, 2.05) is 13.8 Å². The minimum atomic E-state index is -0.932. The number of carbonyl (C=O) groups excluding carboxylic acids is 2. The summed E-state index contributed by atoms with van der Waals surface area (Å²) in [6, 6.07) is 2.35. The number of amides is 1. The van der Waals surface area contributed by atoms with Crippen molar-refractivity contribution in [1.29, 1.82) is 0 Å². The van der Waals surface area contributed by atoms with Gasteiger partial charge < -0.3 is 10.4 Å². The van der Waals surface area contributed by atoms with Gasteiger partial charge in [0.25, 0.3) is 0 Å². The molecule has 122 valence electrons. The third-order valence-corrected chi connectivity index (χ3v) is 3.15. The molecule has 0 saturated carbocycles. The Morgan fingerprint density at radius 3 is 2.45 bits per heavy atom. The van der Waals surface area contributed by atoms with Crippen LogP contribution in [0.3, 0.4) is 0 Å². The van der Waals surface area contributed by atoms with Gasteiger partial charge in [0.2, 0.25) is 5.91 Å². The van der Waals surface area contributed by atoms with Crippen molar-refractivity contribution in [2.45, 2.75) is 39.2 Å². The van der Waals surface area contributed by atoms with E-state index in [0.717, 1.165) is 12.1 Å². The maximum atomic E-state index is 13.4. The van der Waals surface area contributed by atoms with E-state index in [0.29, 0.717) is 18.4 Å². The maximum absolute atomic E-state index is 13.4. The topological polar surface area (TPSA) is 66.4 Å². The molecule has 4 nitrogen and oxygen atoms in total. The number of hydrogen-bond donors (Lipinski definition) is 2. The lowest BCUT2D eigenvalue weighted by Gasteiger charge is -2.18. The highest BCUT2D eigenvalue weighted by molar-refractivity contribution is 5.98. The van der Waals surface area contributed by atoms with Crippen LogP contribution in [0.1, 0.15) is 43.5 Å². The molecule has 1 rings (SSSR count). The highest BCUT2D eigenvalue weighted by Gasteiger charge is 2.16. The van der Waals surface area contributed by atoms with Gasteiger partial charge in [-0.05, 0) is 24.5 Å². The van der Waals surface area contributed by atoms with Crippen LogP contribution in [0, 0.1) is 17.6 Å². The van der Waals surface area contributed by atoms with Crippen molar-refractivity contribution in [2.75, 3.05) is 6.61 Å². The Bertz CT molecular complexity index is 532. The van der Waals surface area contributed by atoms with E-state index in [4.69, 9.17) is 0 Å². The van der Waals surface area contributed by atoms with Crippen LogP contribution in [0.25, 0.3) is 0 Å². The summed E-state index contributed by atoms with van der Waals surface area (Å²) in [6.45, 7) is 3.76. The first-order chi connectivity index (χ1) is 10.3. The summed E-state index contributed by atoms with van der Waals surface area (Å²) in [5.74, 6) is -2.32. The lowest BCUT2D eigenvalue weighted by molar-refractivity contribution is -0.122. The molecule has 0 aliphatic rings. The van der Waals surface area contributed by atoms with Crippen molar-refractivity contribution in [3.05, 3.63) is 35.4 Å². The highest BCUT2D eigenvalue weighted by atomic mass is 19.1. The zero-order valence-corrected chi connectivity index (χ0v) is 12.7. The number of Topliss-reactive ketones (excluding diaryl/α,β-unsaturated/α-hetero) is 1. The predicted molar refractivity (Wildman–Crippen MR) is 78.4 cm³/mol. The van der Waals surface area contributed by atoms with Crippen LogP contribution in [0.2, 0.25) is 0 Å². The van der Waals surface area contributed by atoms with Gasteiger partial charge in [0, 0.05) is 18.9 Å². The van der Waals surface area contributed by atoms with Crippen LogP contribution in [0.5, 0.6) is 0 Å². The number of aliphatic hydroxyl groups excluding tert-OH is 1. The van der Waals surface area contributed by atoms with Crippen LogP contribution in [-0.4, -0.2) is 29.4 Å². The molecule has 1 unspecified atom stereocenters. The van der Waals surface area contributed by atoms with Crippen molar-refractivity contribution in [1.82, 2.24) is 5.32 Å². The largest absolute Gasteiger partial charge is 0.394 e. The molecule has 0 radical (unpaired) electrons. The second-order valence-corrected chi connectivity index (χ2v) is 5.62. The zero-order chi connectivity index (χ0) is 16.7. The molecule has 0 aromatic heterocycles. The number of aliphatic hydroxyl groups is 1. The Kier molecular flexibility index (Phi) is 7.11. The maximum Gasteiger partial charge on any atom is 0.220 e. The molecule has 1 atom stereocenters. The molecule has 1 aromatic rings. The fourth-order valence-electron chi connectivity index (χ4n) is 2.13. The number of halogens is 2. The number of benzene rings is 1. The summed E-state index contributed by atoms with van der Waals surface area (Å²) in [6.07, 6.45) is 0.348. The molecule has 1 aromatic carbocycles. The van der Waals surface area contributed by atoms with Gasteiger partial charge in [0.05, 0.1) is 18.2 Å². The van der Waals surface area contributed by atoms with Gasteiger partial charge in [0.1, 0.15) is 11.6 Å². The Balaban J connectivity index is 2.51. The molecule has 0 heterocycles. The molecule has 0 aliphatic heterocycles. The number of rotatable bonds is 8. The Morgan fingerprint density at radius 2 is 1.91 bits per heavy atom. The van der Waals surface area contributed by atoms with E-state index < -0.39 is 17.4 Å². The van der Waals surface area contributed by atoms with E-state index in [2.05, 4.69) is 5.32 Å². The molecule has 1 amide bonds. The average Bonchev–Trinajstić information content (AvgIpc) is 2.43. The minimum absolute atomic E-state index is 0.107. The number of nitrogens with one attached hydrogen (secondary N) is 1. The van der Waals surface area contributed by atoms with Crippen molar-refractivity contribution in [2.24, 2.45) is 5.92 Å². The molecular formula is C16H21F2NO3. The number of ketones is 1. The quantitative estimate of drug-likeness (QED) is 0.725. The fourth-order valence-corrected chi connectivity index (χ4v) is 2.13. The molecule has 0 fully saturated rings. The minimum Gasteiger partial charge on any atom is -0.394 e. The summed E-state index contributed by atoms with van der Waals surface area (Å²) in [4.78, 5) is 23.6. The van der Waals surface area contributed by atoms with Crippen molar-refractivity contribution in [3.8, 4) is 0 Å². The standard InChI is InChI=1S/C16H21F2NO3/c1-10(2)7-12(9-20)19-16(22)6-5-15(21)13-4-3-11(17)8-14(13)18/h3-4,8,10,12,20H,5-7,9H2,1-2H3,(H,19,22). The number of carbonyl (C=O) groups is 2. The van der Waals surface area contributed by atoms with E-state index in [-0.39, 0.29) is 37.0 Å². The highest BCUT2D eigenvalue weighted by Crippen LogP contribution is 2.13. The van der Waals surface area contributed by atoms with E-state index in [9.17, 15) is 23.5 Å². The second kappa shape index (κ2) is 8.58. The van der Waals surface area contributed by atoms with Gasteiger partial charge in [-0.3, -0.25) is 9.59 Å². The van der Waals surface area contributed by atoms with Gasteiger partial charge in [-0.1, -0.05) is 13.8 Å². The van der Waals surface area contributed by atoms with E-state index in [1.54, 1.807) is 0 Å². The first-order valence-corrected chi connectivity index (χ1v) is 7.22. The van der Waals surface area contributed by atoms with E-state index in [1.165, 1.54) is 0 Å². The van der Waals surface area contributed by atoms with Gasteiger partial charge >= 0.3 is 0 Å². The molecule has 0 bridgehead atoms. The SMILES string of the molecule is CC(C)CC(CO)NC(=O)CCC(=O)c1ccc(F)cc1F. The first kappa shape index (κ1) is 18.2. The van der Waals surface area contributed by atoms with Crippen molar-refractivity contribution >= 4 is 11.7 Å². The molecule has 22 heavy (non-hydrogen) atoms. The van der Waals surface area contributed by atoms with Gasteiger partial charge in [0.15, 0.2) is 5.78 Å². The van der Waals surface area contributed by atoms with Crippen molar-refractivity contribution < 1.29 is 23.5 Å². The summed E-state index contributed by atoms with van der Waals surface area (Å²) in [7, 11) is 0. The van der Waals surface area contributed by atoms with Crippen molar-refractivity contribution in [3.63, 3.8) is 0 Å². The van der Waals surface area contributed by atoms with Crippen LogP contribution in [-0.2, 0) is 4.79 Å². The molecule has 0 aliphatic carbocycles. The third kappa shape index (κ3) is 5.89. The lowest BCUT2D eigenvalue weighted by Crippen LogP contribution is -2.38. The van der Waals surface area contributed by atoms with Gasteiger partial charge in [-0.15, -0.1) is 0 Å². The van der Waals surface area contributed by atoms with Crippen LogP contribution >= 0.6 is 0 Å². The van der Waals surface area contributed by atoms with Crippen LogP contribution in [0.4, 0.5) is 8.78 Å². The molecule has 2 N–H and O–H groups in total. The lowest BCUT2D eigenvalue weighted by atomic mass is 10.0. The monoisotopic (exact) mass is 313 g/mol. The zero-order valence-electron chi connectivity index (χ0n) is 12.7. The predicted octanol–water partition coefficient (Wildman–Crippen LogP) is 2.45. The smallest absolute Gasteiger partial charge is 0.220 e. The number of hydrogen-bond acceptors (Lipinski definition) is 3. The average molecular weight is 313 g/mol. The molecule has 0 spiro atoms. The first-order valence-electron chi connectivity index (χ1n) is 7.22. The summed E-state index contributed by atoms with van der Waals surface area (Å²) >= 11 is 0. The van der Waals surface area contributed by atoms with Gasteiger partial charge in [-0.2, -0.15) is 0 Å². The van der Waals surface area contributed by atoms with Crippen LogP contribution in [0.15, 0.2) is 18.2 Å². The normalized spacial score (nSPS) is 12.3. The Morgan fingerprint density at radius 1 is 1.23 bits per heavy atom. The Labute approximate surface area is 128 Å². The summed E-state index contributed by atoms with van der Waals surface area (Å²) < 4.78 is 26.2. The fraction of sp³-hybridized carbons (Fsp3) is 0.500.